The van der Waals surface area contributed by atoms with E-state index >= 15 is 0 Å². The molecule has 4 rings (SSSR count). The number of carbonyl (C=O) groups excluding carboxylic acids is 2. The molecule has 1 saturated carbocycles. The second kappa shape index (κ2) is 12.4. The minimum Gasteiger partial charge on any atom is -0.466 e. The van der Waals surface area contributed by atoms with Gasteiger partial charge in [-0.25, -0.2) is 9.97 Å². The first kappa shape index (κ1) is 28.3. The Kier molecular flexibility index (Phi) is 9.22. The van der Waals surface area contributed by atoms with Crippen LogP contribution >= 0.6 is 11.8 Å². The van der Waals surface area contributed by atoms with Crippen molar-refractivity contribution in [3.05, 3.63) is 35.4 Å². The Bertz CT molecular complexity index is 1110. The number of nitrogens with zero attached hydrogens (tertiary/aromatic N) is 4. The number of esters is 1. The number of alkyl halides is 3. The Morgan fingerprint density at radius 3 is 2.50 bits per heavy atom. The van der Waals surface area contributed by atoms with Crippen LogP contribution in [0.5, 0.6) is 0 Å². The molecule has 1 amide bonds. The number of halogens is 3. The Morgan fingerprint density at radius 1 is 1.13 bits per heavy atom. The summed E-state index contributed by atoms with van der Waals surface area (Å²) < 4.78 is 51.5. The maximum absolute atomic E-state index is 13.6. The molecule has 1 aliphatic carbocycles. The van der Waals surface area contributed by atoms with Crippen molar-refractivity contribution in [2.75, 3.05) is 31.6 Å². The predicted octanol–water partition coefficient (Wildman–Crippen LogP) is 5.56. The molecule has 1 saturated heterocycles. The first-order valence-corrected chi connectivity index (χ1v) is 14.0. The van der Waals surface area contributed by atoms with Crippen LogP contribution in [0.3, 0.4) is 0 Å². The number of anilines is 1. The summed E-state index contributed by atoms with van der Waals surface area (Å²) in [4.78, 5) is 36.4. The smallest absolute Gasteiger partial charge is 0.433 e. The average Bonchev–Trinajstić information content (AvgIpc) is 3.40. The van der Waals surface area contributed by atoms with Crippen LogP contribution in [0.4, 0.5) is 19.0 Å². The molecule has 0 aromatic carbocycles. The standard InChI is InChI=1S/C26H33F3N4O4S/c1-3-36-24(35)17-11-13-33(14-12-17)23(34)20-10-9-19(37-20)16-38-25-30-21(26(27,28)29)15-22(31-25)32(2)18-7-5-4-6-8-18/h9-10,15,17-18H,3-8,11-14,16H2,1-2H3. The highest BCUT2D eigenvalue weighted by Crippen LogP contribution is 2.34. The van der Waals surface area contributed by atoms with Crippen molar-refractivity contribution in [1.29, 1.82) is 0 Å². The topological polar surface area (TPSA) is 88.8 Å². The molecule has 3 heterocycles. The van der Waals surface area contributed by atoms with Gasteiger partial charge in [0.05, 0.1) is 18.3 Å². The molecule has 2 aromatic rings. The molecule has 0 atom stereocenters. The van der Waals surface area contributed by atoms with Gasteiger partial charge in [-0.3, -0.25) is 9.59 Å². The highest BCUT2D eigenvalue weighted by Gasteiger charge is 2.35. The Balaban J connectivity index is 1.39. The minimum absolute atomic E-state index is 0.00259. The molecule has 2 aliphatic rings. The van der Waals surface area contributed by atoms with Crippen molar-refractivity contribution < 1.29 is 31.9 Å². The van der Waals surface area contributed by atoms with E-state index in [1.807, 2.05) is 4.90 Å². The summed E-state index contributed by atoms with van der Waals surface area (Å²) in [5.41, 5.74) is -0.978. The van der Waals surface area contributed by atoms with Crippen LogP contribution < -0.4 is 4.90 Å². The van der Waals surface area contributed by atoms with Crippen LogP contribution in [0.25, 0.3) is 0 Å². The van der Waals surface area contributed by atoms with Gasteiger partial charge in [0.1, 0.15) is 11.6 Å². The molecule has 2 fully saturated rings. The molecular formula is C26H33F3N4O4S. The van der Waals surface area contributed by atoms with E-state index in [9.17, 15) is 22.8 Å². The summed E-state index contributed by atoms with van der Waals surface area (Å²) in [5.74, 6) is 0.282. The van der Waals surface area contributed by atoms with Crippen molar-refractivity contribution >= 4 is 29.5 Å². The van der Waals surface area contributed by atoms with Crippen molar-refractivity contribution in [2.45, 2.75) is 75.0 Å². The summed E-state index contributed by atoms with van der Waals surface area (Å²) >= 11 is 1.03. The summed E-state index contributed by atoms with van der Waals surface area (Å²) in [7, 11) is 1.78. The molecule has 0 unspecified atom stereocenters. The molecule has 8 nitrogen and oxygen atoms in total. The molecular weight excluding hydrogens is 521 g/mol. The number of likely N-dealkylation sites (tertiary alicyclic amines) is 1. The van der Waals surface area contributed by atoms with E-state index in [0.29, 0.717) is 38.3 Å². The molecule has 0 spiro atoms. The first-order valence-electron chi connectivity index (χ1n) is 13.0. The number of ether oxygens (including phenoxy) is 1. The summed E-state index contributed by atoms with van der Waals surface area (Å²) in [6.45, 7) is 2.93. The Morgan fingerprint density at radius 2 is 1.84 bits per heavy atom. The molecule has 0 N–H and O–H groups in total. The molecule has 1 aliphatic heterocycles. The lowest BCUT2D eigenvalue weighted by Crippen LogP contribution is -2.40. The van der Waals surface area contributed by atoms with E-state index in [1.54, 1.807) is 31.0 Å². The lowest BCUT2D eigenvalue weighted by molar-refractivity contribution is -0.149. The number of hydrogen-bond donors (Lipinski definition) is 0. The Labute approximate surface area is 224 Å². The van der Waals surface area contributed by atoms with E-state index in [0.717, 1.165) is 49.9 Å². The lowest BCUT2D eigenvalue weighted by atomic mass is 9.94. The van der Waals surface area contributed by atoms with Crippen molar-refractivity contribution in [3.8, 4) is 0 Å². The Hall–Kier alpha value is -2.76. The van der Waals surface area contributed by atoms with Crippen LogP contribution in [0.1, 0.15) is 73.9 Å². The second-order valence-corrected chi connectivity index (χ2v) is 10.6. The number of furan rings is 1. The average molecular weight is 555 g/mol. The van der Waals surface area contributed by atoms with Gasteiger partial charge in [-0.15, -0.1) is 0 Å². The fraction of sp³-hybridized carbons (Fsp3) is 0.615. The molecule has 0 bridgehead atoms. The zero-order valence-electron chi connectivity index (χ0n) is 21.6. The van der Waals surface area contributed by atoms with Crippen molar-refractivity contribution in [1.82, 2.24) is 14.9 Å². The van der Waals surface area contributed by atoms with Gasteiger partial charge >= 0.3 is 12.1 Å². The zero-order valence-corrected chi connectivity index (χ0v) is 22.4. The van der Waals surface area contributed by atoms with E-state index in [4.69, 9.17) is 9.15 Å². The summed E-state index contributed by atoms with van der Waals surface area (Å²) in [5, 5.41) is 0.00259. The van der Waals surface area contributed by atoms with Crippen molar-refractivity contribution in [2.24, 2.45) is 5.92 Å². The first-order chi connectivity index (χ1) is 18.2. The number of hydrogen-bond acceptors (Lipinski definition) is 8. The molecule has 208 valence electrons. The van der Waals surface area contributed by atoms with Gasteiger partial charge in [0.15, 0.2) is 16.6 Å². The normalized spacial score (nSPS) is 17.4. The maximum atomic E-state index is 13.6. The van der Waals surface area contributed by atoms with E-state index in [1.165, 1.54) is 0 Å². The van der Waals surface area contributed by atoms with Crippen molar-refractivity contribution in [3.63, 3.8) is 0 Å². The van der Waals surface area contributed by atoms with Crippen LogP contribution in [0.2, 0.25) is 0 Å². The predicted molar refractivity (Wildman–Crippen MR) is 136 cm³/mol. The van der Waals surface area contributed by atoms with E-state index in [2.05, 4.69) is 9.97 Å². The van der Waals surface area contributed by atoms with E-state index < -0.39 is 11.9 Å². The quantitative estimate of drug-likeness (QED) is 0.238. The number of amides is 1. The fourth-order valence-corrected chi connectivity index (χ4v) is 5.65. The van der Waals surface area contributed by atoms with Gasteiger partial charge in [0.2, 0.25) is 0 Å². The number of piperidine rings is 1. The largest absolute Gasteiger partial charge is 0.466 e. The van der Waals surface area contributed by atoms with Crippen LogP contribution in [-0.4, -0.2) is 59.5 Å². The number of rotatable bonds is 8. The number of aromatic nitrogens is 2. The number of thioether (sulfide) groups is 1. The molecule has 38 heavy (non-hydrogen) atoms. The summed E-state index contributed by atoms with van der Waals surface area (Å²) in [6, 6.07) is 4.35. The van der Waals surface area contributed by atoms with Crippen LogP contribution in [0, 0.1) is 5.92 Å². The maximum Gasteiger partial charge on any atom is 0.433 e. The summed E-state index contributed by atoms with van der Waals surface area (Å²) in [6.07, 6.45) is 1.56. The number of carbonyl (C=O) groups is 2. The lowest BCUT2D eigenvalue weighted by Gasteiger charge is -2.32. The molecule has 0 radical (unpaired) electrons. The highest BCUT2D eigenvalue weighted by molar-refractivity contribution is 7.98. The minimum atomic E-state index is -4.59. The van der Waals surface area contributed by atoms with Crippen LogP contribution in [0.15, 0.2) is 27.8 Å². The van der Waals surface area contributed by atoms with Crippen LogP contribution in [-0.2, 0) is 21.5 Å². The van der Waals surface area contributed by atoms with Gasteiger partial charge in [0, 0.05) is 32.2 Å². The van der Waals surface area contributed by atoms with E-state index in [-0.39, 0.29) is 46.3 Å². The van der Waals surface area contributed by atoms with Gasteiger partial charge < -0.3 is 19.0 Å². The van der Waals surface area contributed by atoms with Gasteiger partial charge in [-0.1, -0.05) is 31.0 Å². The monoisotopic (exact) mass is 554 g/mol. The highest BCUT2D eigenvalue weighted by atomic mass is 32.2. The SMILES string of the molecule is CCOC(=O)C1CCN(C(=O)c2ccc(CSc3nc(N(C)C4CCCCC4)cc(C(F)(F)F)n3)o2)CC1. The van der Waals surface area contributed by atoms with Gasteiger partial charge in [-0.05, 0) is 44.7 Å². The second-order valence-electron chi connectivity index (χ2n) is 9.67. The van der Waals surface area contributed by atoms with Gasteiger partial charge in [0.25, 0.3) is 5.91 Å². The molecule has 12 heteroatoms. The third-order valence-electron chi connectivity index (χ3n) is 7.08. The third-order valence-corrected chi connectivity index (χ3v) is 7.95. The zero-order chi connectivity index (χ0) is 27.3. The fourth-order valence-electron chi connectivity index (χ4n) is 4.90. The third kappa shape index (κ3) is 7.00. The molecule has 2 aromatic heterocycles. The van der Waals surface area contributed by atoms with Gasteiger partial charge in [-0.2, -0.15) is 13.2 Å².